The van der Waals surface area contributed by atoms with Crippen LogP contribution in [-0.4, -0.2) is 31.9 Å². The van der Waals surface area contributed by atoms with Crippen molar-refractivity contribution in [3.05, 3.63) is 33.4 Å². The largest absolute Gasteiger partial charge is 0.493 e. The number of halogens is 1. The molecule has 0 aromatic heterocycles. The van der Waals surface area contributed by atoms with Gasteiger partial charge in [0.15, 0.2) is 16.6 Å². The predicted octanol–water partition coefficient (Wildman–Crippen LogP) is 2.82. The average Bonchev–Trinajstić information content (AvgIpc) is 2.53. The van der Waals surface area contributed by atoms with Gasteiger partial charge >= 0.3 is 5.97 Å². The van der Waals surface area contributed by atoms with E-state index in [2.05, 4.69) is 26.6 Å². The molecule has 0 saturated heterocycles. The predicted molar refractivity (Wildman–Crippen MR) is 98.2 cm³/mol. The summed E-state index contributed by atoms with van der Waals surface area (Å²) < 4.78 is 16.6. The molecule has 8 heteroatoms. The molecule has 24 heavy (non-hydrogen) atoms. The molecule has 2 rings (SSSR count). The lowest BCUT2D eigenvalue weighted by molar-refractivity contribution is -0.139. The van der Waals surface area contributed by atoms with Gasteiger partial charge in [-0.25, -0.2) is 4.79 Å². The number of allylic oxidation sites excluding steroid dienone is 1. The Morgan fingerprint density at radius 1 is 1.29 bits per heavy atom. The molecule has 1 aliphatic heterocycles. The Hall–Kier alpha value is -1.80. The normalized spacial score (nSPS) is 17.0. The molecular formula is C16H19BrN2O4S. The fraction of sp³-hybridized carbons (Fsp3) is 0.375. The van der Waals surface area contributed by atoms with Gasteiger partial charge in [0.2, 0.25) is 0 Å². The third kappa shape index (κ3) is 3.64. The Bertz CT molecular complexity index is 706. The maximum atomic E-state index is 12.4. The zero-order valence-electron chi connectivity index (χ0n) is 13.9. The van der Waals surface area contributed by atoms with Crippen molar-refractivity contribution in [2.75, 3.05) is 20.8 Å². The zero-order chi connectivity index (χ0) is 17.9. The summed E-state index contributed by atoms with van der Waals surface area (Å²) in [5, 5.41) is 6.52. The van der Waals surface area contributed by atoms with Crippen molar-refractivity contribution in [2.45, 2.75) is 19.9 Å². The Labute approximate surface area is 154 Å². The number of nitrogens with one attached hydrogen (secondary N) is 2. The topological polar surface area (TPSA) is 68.8 Å². The van der Waals surface area contributed by atoms with Gasteiger partial charge in [0.1, 0.15) is 0 Å². The second-order valence-electron chi connectivity index (χ2n) is 5.02. The van der Waals surface area contributed by atoms with Crippen molar-refractivity contribution >= 4 is 39.2 Å². The third-order valence-electron chi connectivity index (χ3n) is 3.58. The number of hydrogen-bond donors (Lipinski definition) is 2. The van der Waals surface area contributed by atoms with Crippen LogP contribution in [0.2, 0.25) is 0 Å². The molecule has 1 aliphatic rings. The van der Waals surface area contributed by atoms with Crippen molar-refractivity contribution in [2.24, 2.45) is 0 Å². The quantitative estimate of drug-likeness (QED) is 0.566. The fourth-order valence-electron chi connectivity index (χ4n) is 2.50. The number of methoxy groups -OCH3 is 2. The van der Waals surface area contributed by atoms with Crippen LogP contribution in [0, 0.1) is 0 Å². The minimum atomic E-state index is -0.466. The van der Waals surface area contributed by atoms with Crippen LogP contribution >= 0.6 is 28.1 Å². The highest BCUT2D eigenvalue weighted by Gasteiger charge is 2.32. The summed E-state index contributed by atoms with van der Waals surface area (Å²) in [5.41, 5.74) is 1.92. The number of benzene rings is 1. The van der Waals surface area contributed by atoms with Crippen molar-refractivity contribution in [1.82, 2.24) is 10.6 Å². The smallest absolute Gasteiger partial charge is 0.338 e. The van der Waals surface area contributed by atoms with Crippen LogP contribution in [0.4, 0.5) is 0 Å². The Kier molecular flexibility index (Phi) is 6.06. The monoisotopic (exact) mass is 414 g/mol. The first-order chi connectivity index (χ1) is 11.4. The number of carbonyl (C=O) groups excluding carboxylic acids is 1. The van der Waals surface area contributed by atoms with Crippen LogP contribution in [0.25, 0.3) is 0 Å². The van der Waals surface area contributed by atoms with Crippen molar-refractivity contribution < 1.29 is 19.0 Å². The zero-order valence-corrected chi connectivity index (χ0v) is 16.3. The number of ether oxygens (including phenoxy) is 3. The first kappa shape index (κ1) is 18.5. The molecule has 0 amide bonds. The van der Waals surface area contributed by atoms with Gasteiger partial charge in [-0.3, -0.25) is 0 Å². The summed E-state index contributed by atoms with van der Waals surface area (Å²) in [6.45, 7) is 3.85. The van der Waals surface area contributed by atoms with Gasteiger partial charge < -0.3 is 24.8 Å². The third-order valence-corrected chi connectivity index (χ3v) is 4.49. The van der Waals surface area contributed by atoms with Crippen LogP contribution < -0.4 is 20.1 Å². The van der Waals surface area contributed by atoms with E-state index >= 15 is 0 Å². The number of rotatable bonds is 5. The van der Waals surface area contributed by atoms with E-state index in [0.717, 1.165) is 10.0 Å². The van der Waals surface area contributed by atoms with Gasteiger partial charge in [0, 0.05) is 10.2 Å². The molecule has 0 fully saturated rings. The molecule has 0 radical (unpaired) electrons. The van der Waals surface area contributed by atoms with Gasteiger partial charge in [-0.1, -0.05) is 15.9 Å². The van der Waals surface area contributed by atoms with Gasteiger partial charge in [-0.05, 0) is 43.8 Å². The van der Waals surface area contributed by atoms with E-state index in [1.54, 1.807) is 40.2 Å². The molecule has 1 atom stereocenters. The molecule has 6 nitrogen and oxygen atoms in total. The van der Waals surface area contributed by atoms with Crippen LogP contribution in [0.5, 0.6) is 11.5 Å². The van der Waals surface area contributed by atoms with Crippen molar-refractivity contribution in [1.29, 1.82) is 0 Å². The van der Waals surface area contributed by atoms with Crippen LogP contribution in [0.15, 0.2) is 27.9 Å². The summed E-state index contributed by atoms with van der Waals surface area (Å²) >= 11 is 8.77. The number of hydrogen-bond acceptors (Lipinski definition) is 5. The molecule has 0 spiro atoms. The van der Waals surface area contributed by atoms with E-state index < -0.39 is 12.0 Å². The van der Waals surface area contributed by atoms with Crippen molar-refractivity contribution in [3.63, 3.8) is 0 Å². The lowest BCUT2D eigenvalue weighted by Gasteiger charge is -2.30. The fourth-order valence-corrected chi connectivity index (χ4v) is 3.32. The van der Waals surface area contributed by atoms with Gasteiger partial charge in [0.25, 0.3) is 0 Å². The highest BCUT2D eigenvalue weighted by atomic mass is 79.9. The van der Waals surface area contributed by atoms with Gasteiger partial charge in [-0.2, -0.15) is 0 Å². The number of esters is 1. The molecule has 0 unspecified atom stereocenters. The van der Waals surface area contributed by atoms with Gasteiger partial charge in [0.05, 0.1) is 32.4 Å². The summed E-state index contributed by atoms with van der Waals surface area (Å²) in [6, 6.07) is 3.13. The molecule has 1 aromatic carbocycles. The second-order valence-corrected chi connectivity index (χ2v) is 6.28. The highest BCUT2D eigenvalue weighted by Crippen LogP contribution is 2.39. The van der Waals surface area contributed by atoms with Gasteiger partial charge in [-0.15, -0.1) is 0 Å². The molecule has 1 heterocycles. The summed E-state index contributed by atoms with van der Waals surface area (Å²) in [4.78, 5) is 12.4. The highest BCUT2D eigenvalue weighted by molar-refractivity contribution is 9.10. The summed E-state index contributed by atoms with van der Waals surface area (Å²) in [6.07, 6.45) is 0. The van der Waals surface area contributed by atoms with Crippen LogP contribution in [-0.2, 0) is 9.53 Å². The Balaban J connectivity index is 2.57. The molecule has 0 aliphatic carbocycles. The second kappa shape index (κ2) is 7.85. The molecule has 1 aromatic rings. The summed E-state index contributed by atoms with van der Waals surface area (Å²) in [5.74, 6) is 0.745. The standard InChI is InChI=1S/C16H19BrN2O4S/c1-5-23-15(20)13-8(2)18-16(24)19-14(13)9-6-11(21-3)12(22-4)7-10(9)17/h6-7,14H,5H2,1-4H3,(H2,18,19,24)/t14-/m0/s1. The SMILES string of the molecule is CCOC(=O)C1=C(C)NC(=S)N[C@H]1c1cc(OC)c(OC)cc1Br. The van der Waals surface area contributed by atoms with E-state index in [9.17, 15) is 4.79 Å². The lowest BCUT2D eigenvalue weighted by Crippen LogP contribution is -2.45. The minimum absolute atomic E-state index is 0.292. The molecule has 130 valence electrons. The van der Waals surface area contributed by atoms with E-state index in [1.165, 1.54) is 0 Å². The van der Waals surface area contributed by atoms with Crippen molar-refractivity contribution in [3.8, 4) is 11.5 Å². The van der Waals surface area contributed by atoms with E-state index in [4.69, 9.17) is 26.4 Å². The van der Waals surface area contributed by atoms with Crippen LogP contribution in [0.3, 0.4) is 0 Å². The Morgan fingerprint density at radius 2 is 1.92 bits per heavy atom. The van der Waals surface area contributed by atoms with E-state index in [-0.39, 0.29) is 0 Å². The molecule has 0 saturated carbocycles. The van der Waals surface area contributed by atoms with E-state index in [0.29, 0.717) is 34.5 Å². The van der Waals surface area contributed by atoms with Crippen LogP contribution in [0.1, 0.15) is 25.5 Å². The maximum absolute atomic E-state index is 12.4. The minimum Gasteiger partial charge on any atom is -0.493 e. The molecular weight excluding hydrogens is 396 g/mol. The Morgan fingerprint density at radius 3 is 2.50 bits per heavy atom. The maximum Gasteiger partial charge on any atom is 0.338 e. The lowest BCUT2D eigenvalue weighted by atomic mass is 9.95. The first-order valence-electron chi connectivity index (χ1n) is 7.29. The number of thiocarbonyl (C=S) groups is 1. The average molecular weight is 415 g/mol. The number of carbonyl (C=O) groups is 1. The molecule has 2 N–H and O–H groups in total. The van der Waals surface area contributed by atoms with E-state index in [1.807, 2.05) is 0 Å². The molecule has 0 bridgehead atoms. The summed E-state index contributed by atoms with van der Waals surface area (Å²) in [7, 11) is 3.12. The first-order valence-corrected chi connectivity index (χ1v) is 8.49.